The Hall–Kier alpha value is -2.47. The molecule has 0 saturated heterocycles. The summed E-state index contributed by atoms with van der Waals surface area (Å²) >= 11 is 4.62. The van der Waals surface area contributed by atoms with Crippen molar-refractivity contribution in [2.45, 2.75) is 24.7 Å². The zero-order valence-electron chi connectivity index (χ0n) is 13.6. The summed E-state index contributed by atoms with van der Waals surface area (Å²) in [4.78, 5) is 20.0. The average Bonchev–Trinajstić information content (AvgIpc) is 2.99. The molecule has 3 N–H and O–H groups in total. The summed E-state index contributed by atoms with van der Waals surface area (Å²) in [5.41, 5.74) is 9.25. The van der Waals surface area contributed by atoms with Gasteiger partial charge in [0.25, 0.3) is 0 Å². The first-order chi connectivity index (χ1) is 11.5. The second kappa shape index (κ2) is 6.57. The van der Waals surface area contributed by atoms with Crippen molar-refractivity contribution in [2.75, 3.05) is 7.11 Å². The molecule has 124 valence electrons. The number of primary amides is 1. The van der Waals surface area contributed by atoms with Crippen molar-refractivity contribution in [2.24, 2.45) is 5.73 Å². The Balaban J connectivity index is 2.13. The molecule has 0 aliphatic rings. The Morgan fingerprint density at radius 2 is 2.12 bits per heavy atom. The Kier molecular flexibility index (Phi) is 4.49. The lowest BCUT2D eigenvalue weighted by Gasteiger charge is -2.13. The van der Waals surface area contributed by atoms with Gasteiger partial charge in [0.15, 0.2) is 0 Å². The quantitative estimate of drug-likeness (QED) is 0.621. The van der Waals surface area contributed by atoms with Crippen LogP contribution in [0.25, 0.3) is 22.4 Å². The van der Waals surface area contributed by atoms with Gasteiger partial charge in [-0.15, -0.1) is 12.6 Å². The summed E-state index contributed by atoms with van der Waals surface area (Å²) in [5.74, 6) is 0.890. The van der Waals surface area contributed by atoms with E-state index in [2.05, 4.69) is 29.5 Å². The van der Waals surface area contributed by atoms with Crippen LogP contribution in [0.2, 0.25) is 0 Å². The average molecular weight is 341 g/mol. The molecule has 0 fully saturated rings. The number of nitrogens with zero attached hydrogens (tertiary/aromatic N) is 1. The number of amides is 1. The highest BCUT2D eigenvalue weighted by atomic mass is 32.1. The summed E-state index contributed by atoms with van der Waals surface area (Å²) in [6.07, 6.45) is 1.98. The molecule has 6 heteroatoms. The van der Waals surface area contributed by atoms with E-state index in [1.54, 1.807) is 25.3 Å². The van der Waals surface area contributed by atoms with Crippen LogP contribution in [-0.4, -0.2) is 23.0 Å². The molecule has 2 aromatic carbocycles. The maximum Gasteiger partial charge on any atom is 0.248 e. The number of hydrogen-bond donors (Lipinski definition) is 3. The van der Waals surface area contributed by atoms with Crippen molar-refractivity contribution in [3.8, 4) is 17.1 Å². The standard InChI is InChI=1S/C18H19N3O2S/c1-3-4-10-5-7-12(15(23-2)16(10)24)18-20-13-8-6-11(17(19)22)9-14(13)21-18/h5-9,24H,3-4H2,1-2H3,(H2,19,22)(H,20,21). The van der Waals surface area contributed by atoms with Crippen LogP contribution in [0, 0.1) is 0 Å². The van der Waals surface area contributed by atoms with Crippen LogP contribution in [0.15, 0.2) is 35.2 Å². The van der Waals surface area contributed by atoms with Gasteiger partial charge in [-0.05, 0) is 36.2 Å². The summed E-state index contributed by atoms with van der Waals surface area (Å²) in [6, 6.07) is 9.18. The zero-order chi connectivity index (χ0) is 17.3. The number of carbonyl (C=O) groups is 1. The number of imidazole rings is 1. The molecule has 0 bridgehead atoms. The first-order valence-electron chi connectivity index (χ1n) is 7.74. The molecule has 3 rings (SSSR count). The van der Waals surface area contributed by atoms with Crippen molar-refractivity contribution < 1.29 is 9.53 Å². The van der Waals surface area contributed by atoms with Crippen LogP contribution >= 0.6 is 12.6 Å². The maximum atomic E-state index is 11.3. The van der Waals surface area contributed by atoms with E-state index in [1.165, 1.54) is 0 Å². The highest BCUT2D eigenvalue weighted by molar-refractivity contribution is 7.80. The number of methoxy groups -OCH3 is 1. The molecule has 1 aromatic heterocycles. The number of fused-ring (bicyclic) bond motifs is 1. The van der Waals surface area contributed by atoms with E-state index in [1.807, 2.05) is 12.1 Å². The smallest absolute Gasteiger partial charge is 0.248 e. The van der Waals surface area contributed by atoms with Crippen molar-refractivity contribution in [1.82, 2.24) is 9.97 Å². The minimum Gasteiger partial charge on any atom is -0.495 e. The second-order valence-corrected chi connectivity index (χ2v) is 6.03. The molecule has 0 unspecified atom stereocenters. The van der Waals surface area contributed by atoms with Crippen LogP contribution in [0.3, 0.4) is 0 Å². The van der Waals surface area contributed by atoms with E-state index in [4.69, 9.17) is 10.5 Å². The summed E-state index contributed by atoms with van der Waals surface area (Å²) < 4.78 is 5.56. The van der Waals surface area contributed by atoms with Gasteiger partial charge in [-0.25, -0.2) is 4.98 Å². The largest absolute Gasteiger partial charge is 0.495 e. The fraction of sp³-hybridized carbons (Fsp3) is 0.222. The van der Waals surface area contributed by atoms with Crippen molar-refractivity contribution >= 4 is 29.6 Å². The molecule has 0 atom stereocenters. The van der Waals surface area contributed by atoms with Gasteiger partial charge in [0.1, 0.15) is 11.6 Å². The summed E-state index contributed by atoms with van der Waals surface area (Å²) in [7, 11) is 1.63. The predicted molar refractivity (Wildman–Crippen MR) is 97.8 cm³/mol. The number of ether oxygens (including phenoxy) is 1. The van der Waals surface area contributed by atoms with E-state index >= 15 is 0 Å². The van der Waals surface area contributed by atoms with Gasteiger partial charge >= 0.3 is 0 Å². The molecular formula is C18H19N3O2S. The Bertz CT molecular complexity index is 918. The molecule has 0 spiro atoms. The van der Waals surface area contributed by atoms with Crippen LogP contribution in [-0.2, 0) is 6.42 Å². The molecule has 0 saturated carbocycles. The van der Waals surface area contributed by atoms with Crippen molar-refractivity contribution in [3.05, 3.63) is 41.5 Å². The van der Waals surface area contributed by atoms with Crippen LogP contribution in [0.4, 0.5) is 0 Å². The van der Waals surface area contributed by atoms with Gasteiger partial charge in [-0.3, -0.25) is 4.79 Å². The van der Waals surface area contributed by atoms with E-state index in [-0.39, 0.29) is 0 Å². The summed E-state index contributed by atoms with van der Waals surface area (Å²) in [6.45, 7) is 2.13. The third-order valence-corrected chi connectivity index (χ3v) is 4.45. The van der Waals surface area contributed by atoms with E-state index < -0.39 is 5.91 Å². The lowest BCUT2D eigenvalue weighted by molar-refractivity contribution is 0.100. The fourth-order valence-corrected chi connectivity index (χ4v) is 3.16. The number of rotatable bonds is 5. The number of H-pyrrole nitrogens is 1. The highest BCUT2D eigenvalue weighted by Crippen LogP contribution is 2.37. The lowest BCUT2D eigenvalue weighted by atomic mass is 10.1. The van der Waals surface area contributed by atoms with E-state index in [0.717, 1.165) is 34.4 Å². The van der Waals surface area contributed by atoms with Gasteiger partial charge < -0.3 is 15.5 Å². The van der Waals surface area contributed by atoms with Gasteiger partial charge in [-0.2, -0.15) is 0 Å². The number of hydrogen-bond acceptors (Lipinski definition) is 4. The normalized spacial score (nSPS) is 11.0. The maximum absolute atomic E-state index is 11.3. The third-order valence-electron chi connectivity index (χ3n) is 3.96. The van der Waals surface area contributed by atoms with Crippen molar-refractivity contribution in [3.63, 3.8) is 0 Å². The molecule has 0 radical (unpaired) electrons. The van der Waals surface area contributed by atoms with Crippen LogP contribution in [0.5, 0.6) is 5.75 Å². The zero-order valence-corrected chi connectivity index (χ0v) is 14.5. The molecule has 3 aromatic rings. The number of aryl methyl sites for hydroxylation is 1. The Morgan fingerprint density at radius 1 is 1.33 bits per heavy atom. The second-order valence-electron chi connectivity index (χ2n) is 5.59. The molecule has 0 aliphatic heterocycles. The summed E-state index contributed by atoms with van der Waals surface area (Å²) in [5, 5.41) is 0. The molecule has 1 heterocycles. The minimum atomic E-state index is -0.472. The van der Waals surface area contributed by atoms with Gasteiger partial charge in [0, 0.05) is 5.56 Å². The highest BCUT2D eigenvalue weighted by Gasteiger charge is 2.16. The predicted octanol–water partition coefficient (Wildman–Crippen LogP) is 3.58. The van der Waals surface area contributed by atoms with Gasteiger partial charge in [0.2, 0.25) is 5.91 Å². The van der Waals surface area contributed by atoms with Crippen LogP contribution in [0.1, 0.15) is 29.3 Å². The molecule has 5 nitrogen and oxygen atoms in total. The number of aromatic amines is 1. The number of benzene rings is 2. The van der Waals surface area contributed by atoms with Crippen molar-refractivity contribution in [1.29, 1.82) is 0 Å². The molecule has 24 heavy (non-hydrogen) atoms. The van der Waals surface area contributed by atoms with E-state index in [9.17, 15) is 4.79 Å². The lowest BCUT2D eigenvalue weighted by Crippen LogP contribution is -2.10. The molecular weight excluding hydrogens is 322 g/mol. The first kappa shape index (κ1) is 16.4. The monoisotopic (exact) mass is 341 g/mol. The fourth-order valence-electron chi connectivity index (χ4n) is 2.76. The SMILES string of the molecule is CCCc1ccc(-c2nc3cc(C(N)=O)ccc3[nH]2)c(OC)c1S. The van der Waals surface area contributed by atoms with Gasteiger partial charge in [0.05, 0.1) is 28.6 Å². The number of aromatic nitrogens is 2. The minimum absolute atomic E-state index is 0.431. The number of nitrogens with one attached hydrogen (secondary N) is 1. The number of thiol groups is 1. The topological polar surface area (TPSA) is 81.0 Å². The number of nitrogens with two attached hydrogens (primary N) is 1. The first-order valence-corrected chi connectivity index (χ1v) is 8.18. The Labute approximate surface area is 145 Å². The van der Waals surface area contributed by atoms with Crippen LogP contribution < -0.4 is 10.5 Å². The third kappa shape index (κ3) is 2.85. The molecule has 0 aliphatic carbocycles. The molecule has 1 amide bonds. The van der Waals surface area contributed by atoms with E-state index in [0.29, 0.717) is 22.7 Å². The van der Waals surface area contributed by atoms with Gasteiger partial charge in [-0.1, -0.05) is 19.4 Å². The Morgan fingerprint density at radius 3 is 2.79 bits per heavy atom. The number of carbonyl (C=O) groups excluding carboxylic acids is 1.